The molecule has 0 radical (unpaired) electrons. The summed E-state index contributed by atoms with van der Waals surface area (Å²) in [5.74, 6) is -0.254. The molecule has 134 valence electrons. The monoisotopic (exact) mass is 1270 g/mol. The van der Waals surface area contributed by atoms with Gasteiger partial charge < -0.3 is 0 Å². The molecule has 0 aliphatic rings. The van der Waals surface area contributed by atoms with Crippen molar-refractivity contribution in [3.05, 3.63) is 0 Å². The Labute approximate surface area is 255 Å². The van der Waals surface area contributed by atoms with E-state index in [0.29, 0.717) is 0 Å². The molecule has 0 spiro atoms. The van der Waals surface area contributed by atoms with Gasteiger partial charge in [0.15, 0.2) is 2.14 Å². The summed E-state index contributed by atoms with van der Waals surface area (Å²) in [6.07, 6.45) is 0. The van der Waals surface area contributed by atoms with Gasteiger partial charge in [-0.05, 0) is 0 Å². The van der Waals surface area contributed by atoms with Gasteiger partial charge in [-0.25, -0.2) is 0 Å². The molecular formula is C7HBr15. The highest BCUT2D eigenvalue weighted by atomic mass is 80.0. The van der Waals surface area contributed by atoms with Crippen molar-refractivity contribution in [2.45, 2.75) is 16.1 Å². The van der Waals surface area contributed by atoms with Crippen molar-refractivity contribution in [1.29, 1.82) is 0 Å². The number of rotatable bonds is 3. The van der Waals surface area contributed by atoms with E-state index in [-0.39, 0.29) is 5.92 Å². The predicted octanol–water partition coefficient (Wildman–Crippen LogP) is 11.6. The second kappa shape index (κ2) is 9.77. The van der Waals surface area contributed by atoms with E-state index in [1.165, 1.54) is 0 Å². The maximum atomic E-state index is 3.79. The van der Waals surface area contributed by atoms with E-state index in [1.807, 2.05) is 0 Å². The summed E-state index contributed by atoms with van der Waals surface area (Å²) >= 11 is 54.7. The standard InChI is InChI=1S/C7HBr15/c8-2(9,1(3(10,11)12)4(13,14)15)5(16,17)6(18,19)7(20,21)22/h1H. The van der Waals surface area contributed by atoms with Gasteiger partial charge in [0.25, 0.3) is 0 Å². The van der Waals surface area contributed by atoms with Crippen LogP contribution in [0.1, 0.15) is 0 Å². The lowest BCUT2D eigenvalue weighted by atomic mass is 10.1. The third-order valence-electron chi connectivity index (χ3n) is 2.19. The Bertz CT molecular complexity index is 378. The molecule has 0 unspecified atom stereocenters. The Morgan fingerprint density at radius 3 is 0.864 bits per heavy atom. The molecule has 0 fully saturated rings. The Hall–Kier alpha value is 7.20. The van der Waals surface area contributed by atoms with E-state index < -0.39 is 16.1 Å². The second-order valence-corrected chi connectivity index (χ2v) is 34.9. The van der Waals surface area contributed by atoms with E-state index >= 15 is 0 Å². The Morgan fingerprint density at radius 1 is 0.409 bits per heavy atom. The Kier molecular flexibility index (Phi) is 13.0. The lowest BCUT2D eigenvalue weighted by molar-refractivity contribution is 0.519. The van der Waals surface area contributed by atoms with E-state index in [1.54, 1.807) is 0 Å². The fourth-order valence-corrected chi connectivity index (χ4v) is 18.9. The first-order valence-electron chi connectivity index (χ1n) is 4.45. The fourth-order valence-electron chi connectivity index (χ4n) is 1.17. The van der Waals surface area contributed by atoms with Crippen molar-refractivity contribution < 1.29 is 0 Å². The van der Waals surface area contributed by atoms with Gasteiger partial charge in [0.2, 0.25) is 0 Å². The lowest BCUT2D eigenvalue weighted by Crippen LogP contribution is -2.60. The van der Waals surface area contributed by atoms with Crippen LogP contribution in [-0.2, 0) is 0 Å². The molecule has 0 saturated carbocycles. The van der Waals surface area contributed by atoms with Crippen LogP contribution in [-0.4, -0.2) is 16.1 Å². The minimum Gasteiger partial charge on any atom is -0.0696 e. The van der Waals surface area contributed by atoms with Crippen molar-refractivity contribution in [3.63, 3.8) is 0 Å². The third-order valence-corrected chi connectivity index (χ3v) is 21.1. The molecular weight excluding hydrogens is 1280 g/mol. The molecule has 0 rings (SSSR count). The van der Waals surface area contributed by atoms with Crippen molar-refractivity contribution in [2.24, 2.45) is 5.92 Å². The molecule has 0 atom stereocenters. The molecule has 0 aromatic heterocycles. The van der Waals surface area contributed by atoms with Gasteiger partial charge in [0, 0.05) is 0 Å². The molecule has 0 bridgehead atoms. The molecule has 0 aliphatic carbocycles. The lowest BCUT2D eigenvalue weighted by Gasteiger charge is -2.53. The highest BCUT2D eigenvalue weighted by Crippen LogP contribution is 2.74. The van der Waals surface area contributed by atoms with Crippen molar-refractivity contribution >= 4 is 239 Å². The molecule has 0 nitrogen and oxygen atoms in total. The quantitative estimate of drug-likeness (QED) is 0.247. The van der Waals surface area contributed by atoms with Crippen LogP contribution in [0.15, 0.2) is 0 Å². The van der Waals surface area contributed by atoms with E-state index in [0.717, 1.165) is 0 Å². The molecule has 0 aliphatic heterocycles. The Morgan fingerprint density at radius 2 is 0.682 bits per heavy atom. The summed E-state index contributed by atoms with van der Waals surface area (Å²) in [6.45, 7) is 0. The zero-order valence-electron chi connectivity index (χ0n) is 9.25. The van der Waals surface area contributed by atoms with Crippen LogP contribution in [0.4, 0.5) is 0 Å². The van der Waals surface area contributed by atoms with Crippen LogP contribution >= 0.6 is 239 Å². The summed E-state index contributed by atoms with van der Waals surface area (Å²) < 4.78 is -4.40. The highest BCUT2D eigenvalue weighted by molar-refractivity contribution is 9.42. The minimum atomic E-state index is -0.817. The first-order chi connectivity index (χ1) is 9.12. The molecule has 0 N–H and O–H groups in total. The van der Waals surface area contributed by atoms with Gasteiger partial charge in [-0.1, -0.05) is 239 Å². The molecule has 0 saturated heterocycles. The summed E-state index contributed by atoms with van der Waals surface area (Å²) in [6, 6.07) is 0. The van der Waals surface area contributed by atoms with Crippen molar-refractivity contribution in [3.8, 4) is 0 Å². The summed E-state index contributed by atoms with van der Waals surface area (Å²) in [4.78, 5) is 0. The van der Waals surface area contributed by atoms with Gasteiger partial charge >= 0.3 is 0 Å². The largest absolute Gasteiger partial charge is 0.162 e. The van der Waals surface area contributed by atoms with Crippen molar-refractivity contribution in [1.82, 2.24) is 0 Å². The normalized spacial score (nSPS) is 16.4. The number of alkyl halides is 15. The summed E-state index contributed by atoms with van der Waals surface area (Å²) in [5, 5.41) is 0. The highest BCUT2D eigenvalue weighted by Gasteiger charge is 2.70. The van der Waals surface area contributed by atoms with Gasteiger partial charge in [-0.3, -0.25) is 0 Å². The van der Waals surface area contributed by atoms with Crippen LogP contribution in [0.2, 0.25) is 0 Å². The first-order valence-corrected chi connectivity index (χ1v) is 16.3. The molecule has 22 heavy (non-hydrogen) atoms. The van der Waals surface area contributed by atoms with E-state index in [4.69, 9.17) is 0 Å². The van der Waals surface area contributed by atoms with Crippen LogP contribution in [0.3, 0.4) is 0 Å². The summed E-state index contributed by atoms with van der Waals surface area (Å²) in [5.41, 5.74) is 0. The zero-order valence-corrected chi connectivity index (χ0v) is 33.0. The smallest absolute Gasteiger partial charge is 0.0696 e. The average Bonchev–Trinajstić information content (AvgIpc) is 2.08. The second-order valence-electron chi connectivity index (χ2n) is 3.79. The minimum absolute atomic E-state index is 0.254. The van der Waals surface area contributed by atoms with Gasteiger partial charge in [0.05, 0.1) is 5.92 Å². The van der Waals surface area contributed by atoms with Crippen LogP contribution in [0.25, 0.3) is 0 Å². The topological polar surface area (TPSA) is 0 Å². The SMILES string of the molecule is BrC(Br)(Br)C(C(Br)(Br)Br)C(Br)(Br)C(Br)(Br)C(Br)(Br)C(Br)(Br)Br. The molecule has 0 aromatic carbocycles. The fraction of sp³-hybridized carbons (Fsp3) is 1.00. The molecule has 0 heterocycles. The zero-order chi connectivity index (χ0) is 18.6. The maximum Gasteiger partial charge on any atom is 0.162 e. The van der Waals surface area contributed by atoms with Crippen LogP contribution in [0.5, 0.6) is 0 Å². The van der Waals surface area contributed by atoms with Crippen LogP contribution in [0, 0.1) is 5.92 Å². The van der Waals surface area contributed by atoms with Gasteiger partial charge in [0.1, 0.15) is 14.0 Å². The van der Waals surface area contributed by atoms with Gasteiger partial charge in [-0.15, -0.1) is 0 Å². The molecule has 0 aromatic rings. The van der Waals surface area contributed by atoms with Gasteiger partial charge in [-0.2, -0.15) is 0 Å². The van der Waals surface area contributed by atoms with E-state index in [2.05, 4.69) is 239 Å². The average molecular weight is 1280 g/mol. The maximum absolute atomic E-state index is 3.79. The predicted molar refractivity (Wildman–Crippen MR) is 154 cm³/mol. The summed E-state index contributed by atoms with van der Waals surface area (Å²) in [7, 11) is 0. The third kappa shape index (κ3) is 6.85. The Balaban J connectivity index is 6.30. The van der Waals surface area contributed by atoms with Crippen LogP contribution < -0.4 is 0 Å². The molecule has 0 amide bonds. The van der Waals surface area contributed by atoms with Crippen molar-refractivity contribution in [2.75, 3.05) is 0 Å². The number of halogens is 15. The van der Waals surface area contributed by atoms with E-state index in [9.17, 15) is 0 Å². The number of hydrogen-bond donors (Lipinski definition) is 0. The molecule has 15 heteroatoms. The number of hydrogen-bond acceptors (Lipinski definition) is 0. The first kappa shape index (κ1) is 29.2.